The Morgan fingerprint density at radius 2 is 2.00 bits per heavy atom. The molecule has 1 aromatic carbocycles. The maximum absolute atomic E-state index is 13.9. The third kappa shape index (κ3) is 3.46. The lowest BCUT2D eigenvalue weighted by Gasteiger charge is -2.33. The molecule has 0 radical (unpaired) electrons. The van der Waals surface area contributed by atoms with Crippen molar-refractivity contribution in [2.45, 2.75) is 38.3 Å². The van der Waals surface area contributed by atoms with Gasteiger partial charge < -0.3 is 10.2 Å². The van der Waals surface area contributed by atoms with E-state index in [9.17, 15) is 14.0 Å². The van der Waals surface area contributed by atoms with Gasteiger partial charge in [-0.2, -0.15) is 0 Å². The highest BCUT2D eigenvalue weighted by Gasteiger charge is 2.30. The number of likely N-dealkylation sites (tertiary alicyclic amines) is 1. The number of benzene rings is 1. The van der Waals surface area contributed by atoms with Crippen molar-refractivity contribution < 1.29 is 9.18 Å². The summed E-state index contributed by atoms with van der Waals surface area (Å²) < 4.78 is 17.5. The standard InChI is InChI=1S/C22H24FN5O2/c23-17-6-1-2-7-18(17)25-21(29)26-12-4-5-16(14-26)28-20-19(8-3-11-24-20)27(22(28)30)13-15-9-10-15/h1-3,6-8,11,15-16H,4-5,9-10,12-14H2,(H,25,29)/t16-/m0/s1. The summed E-state index contributed by atoms with van der Waals surface area (Å²) in [5.74, 6) is 0.0966. The molecule has 1 atom stereocenters. The zero-order chi connectivity index (χ0) is 20.7. The van der Waals surface area contributed by atoms with Gasteiger partial charge in [0.25, 0.3) is 0 Å². The van der Waals surface area contributed by atoms with Crippen LogP contribution in [-0.4, -0.2) is 38.1 Å². The minimum Gasteiger partial charge on any atom is -0.322 e. The van der Waals surface area contributed by atoms with Crippen LogP contribution in [0.15, 0.2) is 47.4 Å². The van der Waals surface area contributed by atoms with E-state index >= 15 is 0 Å². The van der Waals surface area contributed by atoms with Gasteiger partial charge in [-0.15, -0.1) is 0 Å². The van der Waals surface area contributed by atoms with Gasteiger partial charge in [0.2, 0.25) is 0 Å². The third-order valence-electron chi connectivity index (χ3n) is 6.02. The summed E-state index contributed by atoms with van der Waals surface area (Å²) in [6.07, 6.45) is 5.58. The van der Waals surface area contributed by atoms with Gasteiger partial charge in [-0.1, -0.05) is 12.1 Å². The van der Waals surface area contributed by atoms with E-state index in [1.165, 1.54) is 12.1 Å². The van der Waals surface area contributed by atoms with Crippen molar-refractivity contribution in [2.75, 3.05) is 18.4 Å². The molecule has 0 bridgehead atoms. The van der Waals surface area contributed by atoms with Crippen molar-refractivity contribution in [2.24, 2.45) is 5.92 Å². The summed E-state index contributed by atoms with van der Waals surface area (Å²) in [6.45, 7) is 1.68. The van der Waals surface area contributed by atoms with Crippen molar-refractivity contribution >= 4 is 22.9 Å². The first kappa shape index (κ1) is 18.8. The third-order valence-corrected chi connectivity index (χ3v) is 6.02. The largest absolute Gasteiger partial charge is 0.330 e. The average Bonchev–Trinajstić information content (AvgIpc) is 3.54. The van der Waals surface area contributed by atoms with Crippen LogP contribution in [0.1, 0.15) is 31.7 Å². The van der Waals surface area contributed by atoms with Crippen LogP contribution in [0.2, 0.25) is 0 Å². The number of pyridine rings is 1. The molecule has 8 heteroatoms. The molecule has 1 saturated heterocycles. The van der Waals surface area contributed by atoms with Gasteiger partial charge in [0.1, 0.15) is 5.82 Å². The Hall–Kier alpha value is -3.16. The van der Waals surface area contributed by atoms with Crippen LogP contribution in [0.4, 0.5) is 14.9 Å². The molecule has 1 aliphatic carbocycles. The van der Waals surface area contributed by atoms with Crippen LogP contribution in [0.3, 0.4) is 0 Å². The molecule has 0 unspecified atom stereocenters. The van der Waals surface area contributed by atoms with Crippen LogP contribution in [0, 0.1) is 11.7 Å². The Balaban J connectivity index is 1.42. The molecule has 5 rings (SSSR count). The minimum absolute atomic E-state index is 0.0584. The summed E-state index contributed by atoms with van der Waals surface area (Å²) in [4.78, 5) is 32.2. The number of hydrogen-bond acceptors (Lipinski definition) is 3. The number of hydrogen-bond donors (Lipinski definition) is 1. The number of urea groups is 1. The van der Waals surface area contributed by atoms with E-state index in [1.54, 1.807) is 27.8 Å². The molecular weight excluding hydrogens is 385 g/mol. The van der Waals surface area contributed by atoms with Crippen LogP contribution < -0.4 is 11.0 Å². The van der Waals surface area contributed by atoms with E-state index in [0.717, 1.165) is 37.7 Å². The Labute approximate surface area is 173 Å². The molecule has 3 heterocycles. The number of carbonyl (C=O) groups is 1. The molecule has 30 heavy (non-hydrogen) atoms. The summed E-state index contributed by atoms with van der Waals surface area (Å²) in [7, 11) is 0. The Morgan fingerprint density at radius 1 is 1.17 bits per heavy atom. The molecule has 156 valence electrons. The van der Waals surface area contributed by atoms with Gasteiger partial charge in [-0.3, -0.25) is 9.13 Å². The number of nitrogens with one attached hydrogen (secondary N) is 1. The lowest BCUT2D eigenvalue weighted by molar-refractivity contribution is 0.178. The van der Waals surface area contributed by atoms with Crippen LogP contribution >= 0.6 is 0 Å². The second kappa shape index (κ2) is 7.59. The Morgan fingerprint density at radius 3 is 2.80 bits per heavy atom. The molecule has 2 aliphatic rings. The van der Waals surface area contributed by atoms with Gasteiger partial charge in [0, 0.05) is 25.8 Å². The van der Waals surface area contributed by atoms with E-state index in [0.29, 0.717) is 24.7 Å². The van der Waals surface area contributed by atoms with Gasteiger partial charge in [0.15, 0.2) is 5.65 Å². The molecule has 1 N–H and O–H groups in total. The van der Waals surface area contributed by atoms with E-state index in [2.05, 4.69) is 10.3 Å². The number of rotatable bonds is 4. The van der Waals surface area contributed by atoms with E-state index < -0.39 is 5.82 Å². The lowest BCUT2D eigenvalue weighted by atomic mass is 10.1. The molecule has 2 amide bonds. The average molecular weight is 409 g/mol. The second-order valence-electron chi connectivity index (χ2n) is 8.20. The number of nitrogens with zero attached hydrogens (tertiary/aromatic N) is 4. The summed E-state index contributed by atoms with van der Waals surface area (Å²) in [5.41, 5.74) is 1.62. The quantitative estimate of drug-likeness (QED) is 0.715. The monoisotopic (exact) mass is 409 g/mol. The fourth-order valence-corrected chi connectivity index (χ4v) is 4.28. The number of fused-ring (bicyclic) bond motifs is 1. The maximum Gasteiger partial charge on any atom is 0.330 e. The Kier molecular flexibility index (Phi) is 4.77. The first-order chi connectivity index (χ1) is 14.6. The second-order valence-corrected chi connectivity index (χ2v) is 8.20. The van der Waals surface area contributed by atoms with Gasteiger partial charge in [-0.05, 0) is 55.9 Å². The number of anilines is 1. The van der Waals surface area contributed by atoms with Crippen molar-refractivity contribution in [3.8, 4) is 0 Å². The Bertz CT molecular complexity index is 1150. The van der Waals surface area contributed by atoms with Gasteiger partial charge >= 0.3 is 11.7 Å². The maximum atomic E-state index is 13.9. The van der Waals surface area contributed by atoms with Gasteiger partial charge in [0.05, 0.1) is 17.2 Å². The summed E-state index contributed by atoms with van der Waals surface area (Å²) >= 11 is 0. The van der Waals surface area contributed by atoms with Crippen molar-refractivity contribution in [3.63, 3.8) is 0 Å². The van der Waals surface area contributed by atoms with Crippen LogP contribution in [-0.2, 0) is 6.54 Å². The van der Waals surface area contributed by atoms with E-state index in [1.807, 2.05) is 16.7 Å². The topological polar surface area (TPSA) is 72.2 Å². The van der Waals surface area contributed by atoms with Crippen LogP contribution in [0.5, 0.6) is 0 Å². The molecular formula is C22H24FN5O2. The molecule has 0 spiro atoms. The van der Waals surface area contributed by atoms with Gasteiger partial charge in [-0.25, -0.2) is 19.0 Å². The predicted octanol–water partition coefficient (Wildman–Crippen LogP) is 3.62. The molecule has 2 fully saturated rings. The highest BCUT2D eigenvalue weighted by atomic mass is 19.1. The van der Waals surface area contributed by atoms with Crippen molar-refractivity contribution in [1.82, 2.24) is 19.0 Å². The minimum atomic E-state index is -0.469. The number of piperidine rings is 1. The molecule has 3 aromatic rings. The first-order valence-electron chi connectivity index (χ1n) is 10.5. The predicted molar refractivity (Wildman–Crippen MR) is 112 cm³/mol. The molecule has 1 aliphatic heterocycles. The number of imidazole rings is 1. The number of halogens is 1. The lowest BCUT2D eigenvalue weighted by Crippen LogP contribution is -2.45. The van der Waals surface area contributed by atoms with Crippen LogP contribution in [0.25, 0.3) is 11.2 Å². The zero-order valence-corrected chi connectivity index (χ0v) is 16.6. The first-order valence-corrected chi connectivity index (χ1v) is 10.5. The number of aromatic nitrogens is 3. The SMILES string of the molecule is O=C(Nc1ccccc1F)N1CCC[C@H](n2c(=O)n(CC3CC3)c3cccnc32)C1. The molecule has 1 saturated carbocycles. The number of carbonyl (C=O) groups excluding carboxylic acids is 1. The normalized spacial score (nSPS) is 19.2. The molecule has 7 nitrogen and oxygen atoms in total. The highest BCUT2D eigenvalue weighted by molar-refractivity contribution is 5.89. The number of para-hydroxylation sites is 1. The van der Waals surface area contributed by atoms with Crippen molar-refractivity contribution in [1.29, 1.82) is 0 Å². The van der Waals surface area contributed by atoms with E-state index in [4.69, 9.17) is 0 Å². The smallest absolute Gasteiger partial charge is 0.322 e. The summed E-state index contributed by atoms with van der Waals surface area (Å²) in [6, 6.07) is 9.39. The van der Waals surface area contributed by atoms with Crippen molar-refractivity contribution in [3.05, 3.63) is 58.9 Å². The summed E-state index contributed by atoms with van der Waals surface area (Å²) in [5, 5.41) is 2.65. The molecule has 2 aromatic heterocycles. The fourth-order valence-electron chi connectivity index (χ4n) is 4.28. The van der Waals surface area contributed by atoms with E-state index in [-0.39, 0.29) is 23.5 Å². The number of amides is 2. The zero-order valence-electron chi connectivity index (χ0n) is 16.6. The fraction of sp³-hybridized carbons (Fsp3) is 0.409. The highest BCUT2D eigenvalue weighted by Crippen LogP contribution is 2.32.